The third kappa shape index (κ3) is 1.95. The van der Waals surface area contributed by atoms with Gasteiger partial charge in [0, 0.05) is 19.3 Å². The van der Waals surface area contributed by atoms with Crippen molar-refractivity contribution in [2.45, 2.75) is 18.9 Å². The molecule has 1 aliphatic rings. The third-order valence-electron chi connectivity index (χ3n) is 2.35. The van der Waals surface area contributed by atoms with E-state index in [1.165, 1.54) is 0 Å². The summed E-state index contributed by atoms with van der Waals surface area (Å²) in [7, 11) is 0. The van der Waals surface area contributed by atoms with Gasteiger partial charge in [0.1, 0.15) is 12.1 Å². The molecular formula is C9H13N3O. The number of rotatable bonds is 1. The van der Waals surface area contributed by atoms with Crippen LogP contribution in [0.1, 0.15) is 12.8 Å². The first-order valence-corrected chi connectivity index (χ1v) is 4.55. The number of hydrogen-bond acceptors (Lipinski definition) is 4. The second-order valence-corrected chi connectivity index (χ2v) is 3.29. The van der Waals surface area contributed by atoms with Gasteiger partial charge < -0.3 is 10.0 Å². The Morgan fingerprint density at radius 1 is 1.38 bits per heavy atom. The van der Waals surface area contributed by atoms with Crippen LogP contribution in [-0.4, -0.2) is 34.3 Å². The largest absolute Gasteiger partial charge is 0.393 e. The molecule has 0 radical (unpaired) electrons. The molecule has 1 aromatic rings. The number of anilines is 1. The second-order valence-electron chi connectivity index (χ2n) is 3.29. The van der Waals surface area contributed by atoms with Crippen molar-refractivity contribution in [1.29, 1.82) is 0 Å². The highest BCUT2D eigenvalue weighted by Gasteiger charge is 2.17. The number of aliphatic hydroxyl groups excluding tert-OH is 1. The molecule has 0 bridgehead atoms. The molecule has 1 aromatic heterocycles. The molecule has 1 fully saturated rings. The number of hydrogen-bond donors (Lipinski definition) is 1. The first kappa shape index (κ1) is 8.44. The standard InChI is InChI=1S/C9H13N3O/c13-8-2-5-12(6-3-8)9-1-4-10-7-11-9/h1,4,7-8,13H,2-3,5-6H2. The lowest BCUT2D eigenvalue weighted by Gasteiger charge is -2.30. The Labute approximate surface area is 77.2 Å². The molecule has 0 atom stereocenters. The van der Waals surface area contributed by atoms with Crippen molar-refractivity contribution in [3.8, 4) is 0 Å². The van der Waals surface area contributed by atoms with Gasteiger partial charge in [-0.1, -0.05) is 0 Å². The van der Waals surface area contributed by atoms with E-state index in [0.29, 0.717) is 0 Å². The lowest BCUT2D eigenvalue weighted by molar-refractivity contribution is 0.145. The molecule has 0 aliphatic carbocycles. The van der Waals surface area contributed by atoms with Crippen molar-refractivity contribution < 1.29 is 5.11 Å². The minimum Gasteiger partial charge on any atom is -0.393 e. The summed E-state index contributed by atoms with van der Waals surface area (Å²) >= 11 is 0. The summed E-state index contributed by atoms with van der Waals surface area (Å²) in [6.45, 7) is 1.77. The number of nitrogens with zero attached hydrogens (tertiary/aromatic N) is 3. The molecule has 2 heterocycles. The normalized spacial score (nSPS) is 19.0. The zero-order chi connectivity index (χ0) is 9.10. The van der Waals surface area contributed by atoms with Gasteiger partial charge in [0.15, 0.2) is 0 Å². The van der Waals surface area contributed by atoms with E-state index in [-0.39, 0.29) is 6.10 Å². The van der Waals surface area contributed by atoms with E-state index in [2.05, 4.69) is 14.9 Å². The van der Waals surface area contributed by atoms with Gasteiger partial charge in [-0.3, -0.25) is 0 Å². The zero-order valence-electron chi connectivity index (χ0n) is 7.43. The predicted octanol–water partition coefficient (Wildman–Crippen LogP) is 0.438. The maximum absolute atomic E-state index is 9.31. The quantitative estimate of drug-likeness (QED) is 0.679. The lowest BCUT2D eigenvalue weighted by atomic mass is 10.1. The average Bonchev–Trinajstić information content (AvgIpc) is 2.20. The maximum Gasteiger partial charge on any atom is 0.131 e. The van der Waals surface area contributed by atoms with Gasteiger partial charge in [-0.2, -0.15) is 0 Å². The molecule has 0 unspecified atom stereocenters. The van der Waals surface area contributed by atoms with Gasteiger partial charge in [0.25, 0.3) is 0 Å². The molecule has 0 spiro atoms. The van der Waals surface area contributed by atoms with Crippen molar-refractivity contribution in [3.63, 3.8) is 0 Å². The monoisotopic (exact) mass is 179 g/mol. The van der Waals surface area contributed by atoms with Crippen LogP contribution in [0.25, 0.3) is 0 Å². The van der Waals surface area contributed by atoms with E-state index in [9.17, 15) is 5.11 Å². The summed E-state index contributed by atoms with van der Waals surface area (Å²) in [5.41, 5.74) is 0. The van der Waals surface area contributed by atoms with Gasteiger partial charge in [-0.15, -0.1) is 0 Å². The Bertz CT molecular complexity index is 257. The molecule has 0 amide bonds. The Morgan fingerprint density at radius 3 is 2.77 bits per heavy atom. The molecule has 70 valence electrons. The molecule has 0 aromatic carbocycles. The topological polar surface area (TPSA) is 49.2 Å². The number of aromatic nitrogens is 2. The van der Waals surface area contributed by atoms with E-state index < -0.39 is 0 Å². The van der Waals surface area contributed by atoms with Crippen LogP contribution in [0.15, 0.2) is 18.6 Å². The fourth-order valence-electron chi connectivity index (χ4n) is 1.57. The highest BCUT2D eigenvalue weighted by molar-refractivity contribution is 5.36. The van der Waals surface area contributed by atoms with Crippen LogP contribution in [-0.2, 0) is 0 Å². The van der Waals surface area contributed by atoms with Crippen molar-refractivity contribution in [2.24, 2.45) is 0 Å². The second kappa shape index (κ2) is 3.70. The summed E-state index contributed by atoms with van der Waals surface area (Å²) in [5, 5.41) is 9.31. The molecule has 0 saturated carbocycles. The van der Waals surface area contributed by atoms with Crippen LogP contribution in [0.2, 0.25) is 0 Å². The molecule has 4 nitrogen and oxygen atoms in total. The summed E-state index contributed by atoms with van der Waals surface area (Å²) in [6.07, 6.45) is 4.85. The Hall–Kier alpha value is -1.16. The van der Waals surface area contributed by atoms with Crippen molar-refractivity contribution >= 4 is 5.82 Å². The lowest BCUT2D eigenvalue weighted by Crippen LogP contribution is -2.36. The molecule has 13 heavy (non-hydrogen) atoms. The van der Waals surface area contributed by atoms with Crippen LogP contribution in [0, 0.1) is 0 Å². The van der Waals surface area contributed by atoms with Crippen LogP contribution in [0.5, 0.6) is 0 Å². The summed E-state index contributed by atoms with van der Waals surface area (Å²) in [6, 6.07) is 1.90. The molecule has 1 aliphatic heterocycles. The molecule has 4 heteroatoms. The van der Waals surface area contributed by atoms with Gasteiger partial charge in [0.05, 0.1) is 6.10 Å². The zero-order valence-corrected chi connectivity index (χ0v) is 7.43. The Kier molecular flexibility index (Phi) is 2.40. The van der Waals surface area contributed by atoms with E-state index in [4.69, 9.17) is 0 Å². The van der Waals surface area contributed by atoms with Gasteiger partial charge in [-0.05, 0) is 18.9 Å². The average molecular weight is 179 g/mol. The van der Waals surface area contributed by atoms with Crippen molar-refractivity contribution in [2.75, 3.05) is 18.0 Å². The fourth-order valence-corrected chi connectivity index (χ4v) is 1.57. The Balaban J connectivity index is 2.03. The van der Waals surface area contributed by atoms with E-state index in [1.807, 2.05) is 6.07 Å². The van der Waals surface area contributed by atoms with Gasteiger partial charge >= 0.3 is 0 Å². The Morgan fingerprint density at radius 2 is 2.15 bits per heavy atom. The molecule has 1 N–H and O–H groups in total. The van der Waals surface area contributed by atoms with Crippen LogP contribution >= 0.6 is 0 Å². The van der Waals surface area contributed by atoms with Gasteiger partial charge in [-0.25, -0.2) is 9.97 Å². The SMILES string of the molecule is OC1CCN(c2ccncn2)CC1. The predicted molar refractivity (Wildman–Crippen MR) is 49.5 cm³/mol. The minimum absolute atomic E-state index is 0.127. The van der Waals surface area contributed by atoms with Crippen LogP contribution < -0.4 is 4.90 Å². The molecule has 2 rings (SSSR count). The highest BCUT2D eigenvalue weighted by Crippen LogP contribution is 2.16. The first-order valence-electron chi connectivity index (χ1n) is 4.55. The van der Waals surface area contributed by atoms with Crippen LogP contribution in [0.3, 0.4) is 0 Å². The van der Waals surface area contributed by atoms with E-state index in [0.717, 1.165) is 31.7 Å². The molecular weight excluding hydrogens is 166 g/mol. The number of aliphatic hydroxyl groups is 1. The molecule has 1 saturated heterocycles. The summed E-state index contributed by atoms with van der Waals surface area (Å²) in [5.74, 6) is 0.960. The van der Waals surface area contributed by atoms with Crippen LogP contribution in [0.4, 0.5) is 5.82 Å². The summed E-state index contributed by atoms with van der Waals surface area (Å²) in [4.78, 5) is 10.2. The van der Waals surface area contributed by atoms with E-state index >= 15 is 0 Å². The van der Waals surface area contributed by atoms with Gasteiger partial charge in [0.2, 0.25) is 0 Å². The van der Waals surface area contributed by atoms with Crippen molar-refractivity contribution in [1.82, 2.24) is 9.97 Å². The smallest absolute Gasteiger partial charge is 0.131 e. The highest BCUT2D eigenvalue weighted by atomic mass is 16.3. The minimum atomic E-state index is -0.127. The maximum atomic E-state index is 9.31. The van der Waals surface area contributed by atoms with Crippen molar-refractivity contribution in [3.05, 3.63) is 18.6 Å². The first-order chi connectivity index (χ1) is 6.36. The van der Waals surface area contributed by atoms with E-state index in [1.54, 1.807) is 12.5 Å². The fraction of sp³-hybridized carbons (Fsp3) is 0.556. The third-order valence-corrected chi connectivity index (χ3v) is 2.35. The number of piperidine rings is 1. The summed E-state index contributed by atoms with van der Waals surface area (Å²) < 4.78 is 0.